The number of hydrogen-bond donors (Lipinski definition) is 0. The Morgan fingerprint density at radius 1 is 0.455 bits per heavy atom. The molecule has 9 aromatic rings. The Morgan fingerprint density at radius 3 is 2.05 bits per heavy atom. The first kappa shape index (κ1) is 24.6. The summed E-state index contributed by atoms with van der Waals surface area (Å²) in [5.74, 6) is 0. The highest BCUT2D eigenvalue weighted by Crippen LogP contribution is 2.42. The van der Waals surface area contributed by atoms with Gasteiger partial charge in [-0.3, -0.25) is 4.98 Å². The van der Waals surface area contributed by atoms with E-state index in [1.165, 1.54) is 27.3 Å². The zero-order valence-electron chi connectivity index (χ0n) is 23.8. The van der Waals surface area contributed by atoms with Crippen LogP contribution in [0.2, 0.25) is 0 Å². The van der Waals surface area contributed by atoms with Crippen molar-refractivity contribution in [3.8, 4) is 11.1 Å². The Labute approximate surface area is 254 Å². The highest BCUT2D eigenvalue weighted by Gasteiger charge is 2.17. The van der Waals surface area contributed by atoms with Crippen LogP contribution >= 0.6 is 0 Å². The minimum Gasteiger partial charge on any atom is -0.455 e. The summed E-state index contributed by atoms with van der Waals surface area (Å²) in [5, 5.41) is 9.18. The predicted octanol–water partition coefficient (Wildman–Crippen LogP) is 11.6. The average molecular weight is 563 g/mol. The molecular weight excluding hydrogens is 536 g/mol. The summed E-state index contributed by atoms with van der Waals surface area (Å²) in [6.07, 6.45) is 3.67. The maximum Gasteiger partial charge on any atom is 0.143 e. The Morgan fingerprint density at radius 2 is 1.14 bits per heavy atom. The molecule has 9 rings (SSSR count). The van der Waals surface area contributed by atoms with Gasteiger partial charge < -0.3 is 9.32 Å². The molecule has 0 amide bonds. The van der Waals surface area contributed by atoms with Crippen molar-refractivity contribution in [3.63, 3.8) is 0 Å². The van der Waals surface area contributed by atoms with E-state index in [1.807, 2.05) is 12.3 Å². The number of rotatable bonds is 4. The standard InChI is InChI=1S/C41H26N2O/c1-2-7-27(8-3-1)31-11-6-12-33(23-31)43(34-17-15-28-9-4-5-10-30(28)24-34)35-18-20-36-32(25-35)14-13-29-16-19-37-38-26-42-22-21-39(38)44-41(37)40(29)36/h1-26H. The first-order valence-electron chi connectivity index (χ1n) is 14.9. The van der Waals surface area contributed by atoms with Gasteiger partial charge in [0.05, 0.1) is 0 Å². The smallest absolute Gasteiger partial charge is 0.143 e. The van der Waals surface area contributed by atoms with Crippen molar-refractivity contribution >= 4 is 71.3 Å². The van der Waals surface area contributed by atoms with Crippen LogP contribution in [0.4, 0.5) is 17.1 Å². The molecule has 0 spiro atoms. The van der Waals surface area contributed by atoms with Crippen LogP contribution in [0.25, 0.3) is 65.4 Å². The summed E-state index contributed by atoms with van der Waals surface area (Å²) < 4.78 is 6.44. The SMILES string of the molecule is c1ccc(-c2cccc(N(c3ccc4ccccc4c3)c3ccc4c(ccc5ccc6c7cnccc7oc6c54)c3)c2)cc1. The van der Waals surface area contributed by atoms with E-state index in [-0.39, 0.29) is 0 Å². The van der Waals surface area contributed by atoms with E-state index < -0.39 is 0 Å². The van der Waals surface area contributed by atoms with E-state index in [1.54, 1.807) is 6.20 Å². The zero-order chi connectivity index (χ0) is 29.0. The van der Waals surface area contributed by atoms with Crippen molar-refractivity contribution in [2.24, 2.45) is 0 Å². The van der Waals surface area contributed by atoms with Crippen LogP contribution in [0.15, 0.2) is 162 Å². The van der Waals surface area contributed by atoms with E-state index in [4.69, 9.17) is 4.42 Å². The molecule has 44 heavy (non-hydrogen) atoms. The predicted molar refractivity (Wildman–Crippen MR) is 184 cm³/mol. The fraction of sp³-hybridized carbons (Fsp3) is 0. The lowest BCUT2D eigenvalue weighted by Gasteiger charge is -2.27. The van der Waals surface area contributed by atoms with E-state index in [9.17, 15) is 0 Å². The number of aromatic nitrogens is 1. The van der Waals surface area contributed by atoms with Gasteiger partial charge in [-0.05, 0) is 86.6 Å². The van der Waals surface area contributed by atoms with Crippen LogP contribution in [0, 0.1) is 0 Å². The van der Waals surface area contributed by atoms with Crippen LogP contribution < -0.4 is 4.90 Å². The van der Waals surface area contributed by atoms with Gasteiger partial charge in [-0.25, -0.2) is 0 Å². The average Bonchev–Trinajstić information content (AvgIpc) is 3.48. The number of anilines is 3. The lowest BCUT2D eigenvalue weighted by atomic mass is 9.98. The fourth-order valence-electron chi connectivity index (χ4n) is 6.57. The number of fused-ring (bicyclic) bond motifs is 8. The summed E-state index contributed by atoms with van der Waals surface area (Å²) in [4.78, 5) is 6.70. The maximum absolute atomic E-state index is 6.44. The van der Waals surface area contributed by atoms with Crippen molar-refractivity contribution in [3.05, 3.63) is 158 Å². The quantitative estimate of drug-likeness (QED) is 0.200. The molecule has 2 heterocycles. The third kappa shape index (κ3) is 3.94. The Bertz CT molecular complexity index is 2510. The van der Waals surface area contributed by atoms with E-state index in [2.05, 4.69) is 149 Å². The third-order valence-electron chi connectivity index (χ3n) is 8.68. The van der Waals surface area contributed by atoms with Gasteiger partial charge in [0.15, 0.2) is 0 Å². The Hall–Kier alpha value is -5.93. The van der Waals surface area contributed by atoms with Gasteiger partial charge in [0, 0.05) is 45.6 Å². The van der Waals surface area contributed by atoms with E-state index in [0.717, 1.165) is 55.2 Å². The summed E-state index contributed by atoms with van der Waals surface area (Å²) >= 11 is 0. The molecule has 0 bridgehead atoms. The molecule has 206 valence electrons. The summed E-state index contributed by atoms with van der Waals surface area (Å²) in [5.41, 5.74) is 7.46. The van der Waals surface area contributed by atoms with Crippen molar-refractivity contribution in [2.75, 3.05) is 4.90 Å². The number of hydrogen-bond acceptors (Lipinski definition) is 3. The van der Waals surface area contributed by atoms with Gasteiger partial charge in [0.2, 0.25) is 0 Å². The summed E-state index contributed by atoms with van der Waals surface area (Å²) in [6.45, 7) is 0. The lowest BCUT2D eigenvalue weighted by Crippen LogP contribution is -2.10. The maximum atomic E-state index is 6.44. The second-order valence-electron chi connectivity index (χ2n) is 11.3. The molecule has 7 aromatic carbocycles. The van der Waals surface area contributed by atoms with Crippen LogP contribution in [0.5, 0.6) is 0 Å². The Balaban J connectivity index is 1.27. The molecule has 0 radical (unpaired) electrons. The van der Waals surface area contributed by atoms with E-state index >= 15 is 0 Å². The molecule has 0 N–H and O–H groups in total. The van der Waals surface area contributed by atoms with E-state index in [0.29, 0.717) is 0 Å². The van der Waals surface area contributed by atoms with Gasteiger partial charge in [0.25, 0.3) is 0 Å². The molecule has 0 saturated carbocycles. The molecule has 0 fully saturated rings. The molecular formula is C41H26N2O. The lowest BCUT2D eigenvalue weighted by molar-refractivity contribution is 0.672. The molecule has 0 saturated heterocycles. The molecule has 0 aliphatic carbocycles. The molecule has 3 heteroatoms. The minimum absolute atomic E-state index is 0.858. The highest BCUT2D eigenvalue weighted by atomic mass is 16.3. The second kappa shape index (κ2) is 9.82. The molecule has 2 aromatic heterocycles. The van der Waals surface area contributed by atoms with Gasteiger partial charge in [-0.1, -0.05) is 97.1 Å². The highest BCUT2D eigenvalue weighted by molar-refractivity contribution is 6.23. The number of furan rings is 1. The third-order valence-corrected chi connectivity index (χ3v) is 8.68. The molecule has 3 nitrogen and oxygen atoms in total. The topological polar surface area (TPSA) is 29.3 Å². The van der Waals surface area contributed by atoms with Gasteiger partial charge in [0.1, 0.15) is 11.2 Å². The number of benzene rings is 7. The van der Waals surface area contributed by atoms with Gasteiger partial charge >= 0.3 is 0 Å². The largest absolute Gasteiger partial charge is 0.455 e. The molecule has 0 atom stereocenters. The minimum atomic E-state index is 0.858. The number of pyridine rings is 1. The van der Waals surface area contributed by atoms with Crippen LogP contribution in [0.1, 0.15) is 0 Å². The van der Waals surface area contributed by atoms with Crippen molar-refractivity contribution in [1.29, 1.82) is 0 Å². The van der Waals surface area contributed by atoms with Crippen LogP contribution in [-0.4, -0.2) is 4.98 Å². The van der Waals surface area contributed by atoms with Crippen LogP contribution in [-0.2, 0) is 0 Å². The van der Waals surface area contributed by atoms with Crippen molar-refractivity contribution in [1.82, 2.24) is 4.98 Å². The van der Waals surface area contributed by atoms with Crippen molar-refractivity contribution < 1.29 is 4.42 Å². The second-order valence-corrected chi connectivity index (χ2v) is 11.3. The first-order valence-corrected chi connectivity index (χ1v) is 14.9. The molecule has 0 aliphatic heterocycles. The van der Waals surface area contributed by atoms with Gasteiger partial charge in [-0.15, -0.1) is 0 Å². The van der Waals surface area contributed by atoms with Gasteiger partial charge in [-0.2, -0.15) is 0 Å². The molecule has 0 aliphatic rings. The zero-order valence-corrected chi connectivity index (χ0v) is 23.8. The summed E-state index contributed by atoms with van der Waals surface area (Å²) in [6, 6.07) is 52.0. The van der Waals surface area contributed by atoms with Crippen molar-refractivity contribution in [2.45, 2.75) is 0 Å². The fourth-order valence-corrected chi connectivity index (χ4v) is 6.57. The Kier molecular flexibility index (Phi) is 5.50. The normalized spacial score (nSPS) is 11.6. The first-order chi connectivity index (χ1) is 21.8. The number of nitrogens with zero attached hydrogens (tertiary/aromatic N) is 2. The summed E-state index contributed by atoms with van der Waals surface area (Å²) in [7, 11) is 0. The van der Waals surface area contributed by atoms with Crippen LogP contribution in [0.3, 0.4) is 0 Å². The monoisotopic (exact) mass is 562 g/mol. The molecule has 0 unspecified atom stereocenters.